The van der Waals surface area contributed by atoms with Crippen LogP contribution in [0.3, 0.4) is 0 Å². The summed E-state index contributed by atoms with van der Waals surface area (Å²) in [6, 6.07) is 6.03. The highest BCUT2D eigenvalue weighted by atomic mass is 32.2. The molecule has 0 radical (unpaired) electrons. The first-order valence-electron chi connectivity index (χ1n) is 11.1. The first-order valence-corrected chi connectivity index (χ1v) is 12.1. The molecule has 4 aromatic rings. The topological polar surface area (TPSA) is 128 Å². The molecule has 1 aliphatic rings. The maximum Gasteiger partial charge on any atom is 0.277 e. The molecule has 1 fully saturated rings. The van der Waals surface area contributed by atoms with Gasteiger partial charge in [0.2, 0.25) is 11.8 Å². The number of hydrogen-bond donors (Lipinski definition) is 2. The quantitative estimate of drug-likeness (QED) is 0.371. The number of halogens is 1. The number of aromatic amines is 1. The predicted octanol–water partition coefficient (Wildman–Crippen LogP) is 3.44. The number of ether oxygens (including phenoxy) is 1. The van der Waals surface area contributed by atoms with E-state index in [-0.39, 0.29) is 34.9 Å². The average Bonchev–Trinajstić information content (AvgIpc) is 3.56. The SMILES string of the molecule is Cc1n[nH]c(=O)c2c(NC(=O)CSc3nnc(-c4ccc(F)cc4)n3CC3CCCO3)oc(C)c12. The minimum Gasteiger partial charge on any atom is -0.444 e. The highest BCUT2D eigenvalue weighted by Gasteiger charge is 2.23. The summed E-state index contributed by atoms with van der Waals surface area (Å²) < 4.78 is 26.8. The molecule has 1 amide bonds. The van der Waals surface area contributed by atoms with Crippen molar-refractivity contribution in [3.63, 3.8) is 0 Å². The Morgan fingerprint density at radius 1 is 1.26 bits per heavy atom. The van der Waals surface area contributed by atoms with Crippen LogP contribution in [0.25, 0.3) is 22.2 Å². The maximum atomic E-state index is 13.4. The van der Waals surface area contributed by atoms with Crippen LogP contribution < -0.4 is 10.9 Å². The molecule has 35 heavy (non-hydrogen) atoms. The van der Waals surface area contributed by atoms with Gasteiger partial charge in [0.15, 0.2) is 11.0 Å². The van der Waals surface area contributed by atoms with Crippen LogP contribution in [0.4, 0.5) is 10.3 Å². The molecule has 182 valence electrons. The number of thioether (sulfide) groups is 1. The molecule has 2 N–H and O–H groups in total. The lowest BCUT2D eigenvalue weighted by molar-refractivity contribution is -0.113. The number of hydrogen-bond acceptors (Lipinski definition) is 8. The smallest absolute Gasteiger partial charge is 0.277 e. The molecule has 1 saturated heterocycles. The van der Waals surface area contributed by atoms with E-state index in [1.807, 2.05) is 4.57 Å². The summed E-state index contributed by atoms with van der Waals surface area (Å²) >= 11 is 1.20. The number of nitrogens with zero attached hydrogens (tertiary/aromatic N) is 4. The van der Waals surface area contributed by atoms with Gasteiger partial charge >= 0.3 is 0 Å². The van der Waals surface area contributed by atoms with E-state index in [4.69, 9.17) is 9.15 Å². The molecule has 0 spiro atoms. The normalized spacial score (nSPS) is 15.7. The number of furan rings is 1. The van der Waals surface area contributed by atoms with Crippen LogP contribution in [0.2, 0.25) is 0 Å². The lowest BCUT2D eigenvalue weighted by Gasteiger charge is -2.14. The van der Waals surface area contributed by atoms with E-state index < -0.39 is 5.56 Å². The number of amides is 1. The standard InChI is InChI=1S/C23H23FN6O4S/c1-12-18-13(2)34-22(19(18)21(32)28-26-12)25-17(31)11-35-23-29-27-20(14-5-7-15(24)8-6-14)30(23)10-16-4-3-9-33-16/h5-8,16H,3-4,9-11H2,1-2H3,(H,25,31)(H,28,32). The molecular formula is C23H23FN6O4S. The molecule has 1 unspecified atom stereocenters. The third-order valence-corrected chi connectivity index (χ3v) is 6.78. The van der Waals surface area contributed by atoms with Crippen molar-refractivity contribution in [3.05, 3.63) is 51.9 Å². The molecular weight excluding hydrogens is 475 g/mol. The Bertz CT molecular complexity index is 1440. The van der Waals surface area contributed by atoms with Gasteiger partial charge in [-0.3, -0.25) is 19.5 Å². The second-order valence-electron chi connectivity index (χ2n) is 8.27. The number of nitrogens with one attached hydrogen (secondary N) is 2. The van der Waals surface area contributed by atoms with Gasteiger partial charge in [0.05, 0.1) is 29.5 Å². The van der Waals surface area contributed by atoms with Crippen LogP contribution in [-0.2, 0) is 16.1 Å². The van der Waals surface area contributed by atoms with Gasteiger partial charge in [-0.1, -0.05) is 11.8 Å². The zero-order valence-corrected chi connectivity index (χ0v) is 19.9. The van der Waals surface area contributed by atoms with Crippen LogP contribution >= 0.6 is 11.8 Å². The van der Waals surface area contributed by atoms with E-state index in [0.717, 1.165) is 12.8 Å². The lowest BCUT2D eigenvalue weighted by atomic mass is 10.2. The molecule has 1 aliphatic heterocycles. The molecule has 1 atom stereocenters. The van der Waals surface area contributed by atoms with Gasteiger partial charge in [-0.15, -0.1) is 10.2 Å². The van der Waals surface area contributed by atoms with Crippen molar-refractivity contribution in [2.45, 2.75) is 44.5 Å². The lowest BCUT2D eigenvalue weighted by Crippen LogP contribution is -2.18. The number of H-pyrrole nitrogens is 1. The second-order valence-corrected chi connectivity index (χ2v) is 9.21. The average molecular weight is 499 g/mol. The van der Waals surface area contributed by atoms with E-state index >= 15 is 0 Å². The summed E-state index contributed by atoms with van der Waals surface area (Å²) in [5, 5.41) is 19.0. The van der Waals surface area contributed by atoms with Gasteiger partial charge in [0.25, 0.3) is 5.56 Å². The number of carbonyl (C=O) groups is 1. The Labute approximate surface area is 203 Å². The zero-order chi connectivity index (χ0) is 24.5. The number of aryl methyl sites for hydroxylation is 2. The van der Waals surface area contributed by atoms with E-state index in [0.29, 0.717) is 46.5 Å². The molecule has 10 nitrogen and oxygen atoms in total. The number of rotatable bonds is 7. The molecule has 5 rings (SSSR count). The monoisotopic (exact) mass is 498 g/mol. The largest absolute Gasteiger partial charge is 0.444 e. The van der Waals surface area contributed by atoms with Crippen LogP contribution in [0, 0.1) is 19.7 Å². The van der Waals surface area contributed by atoms with E-state index in [9.17, 15) is 14.0 Å². The van der Waals surface area contributed by atoms with Crippen LogP contribution in [0.5, 0.6) is 0 Å². The van der Waals surface area contributed by atoms with E-state index in [1.54, 1.807) is 26.0 Å². The minimum atomic E-state index is -0.439. The fourth-order valence-corrected chi connectivity index (χ4v) is 4.94. The molecule has 4 heterocycles. The summed E-state index contributed by atoms with van der Waals surface area (Å²) in [5.74, 6) is 0.466. The highest BCUT2D eigenvalue weighted by Crippen LogP contribution is 2.30. The zero-order valence-electron chi connectivity index (χ0n) is 19.1. The summed E-state index contributed by atoms with van der Waals surface area (Å²) in [5.41, 5.74) is 0.880. The van der Waals surface area contributed by atoms with Gasteiger partial charge in [-0.25, -0.2) is 9.49 Å². The molecule has 12 heteroatoms. The number of anilines is 1. The van der Waals surface area contributed by atoms with Crippen molar-refractivity contribution in [2.75, 3.05) is 17.7 Å². The van der Waals surface area contributed by atoms with Crippen molar-refractivity contribution >= 4 is 34.3 Å². The number of aromatic nitrogens is 5. The molecule has 1 aromatic carbocycles. The van der Waals surface area contributed by atoms with Gasteiger partial charge in [0, 0.05) is 12.2 Å². The van der Waals surface area contributed by atoms with Crippen molar-refractivity contribution in [2.24, 2.45) is 0 Å². The molecule has 3 aromatic heterocycles. The van der Waals surface area contributed by atoms with Crippen molar-refractivity contribution in [1.29, 1.82) is 0 Å². The summed E-state index contributed by atoms with van der Waals surface area (Å²) in [7, 11) is 0. The fraction of sp³-hybridized carbons (Fsp3) is 0.348. The fourth-order valence-electron chi connectivity index (χ4n) is 4.19. The van der Waals surface area contributed by atoms with Crippen LogP contribution in [0.15, 0.2) is 38.6 Å². The van der Waals surface area contributed by atoms with Crippen molar-refractivity contribution < 1.29 is 18.3 Å². The summed E-state index contributed by atoms with van der Waals surface area (Å²) in [6.07, 6.45) is 1.91. The van der Waals surface area contributed by atoms with E-state index in [1.165, 1.54) is 23.9 Å². The van der Waals surface area contributed by atoms with Crippen molar-refractivity contribution in [3.8, 4) is 11.4 Å². The Morgan fingerprint density at radius 3 is 2.80 bits per heavy atom. The second kappa shape index (κ2) is 9.62. The van der Waals surface area contributed by atoms with Gasteiger partial charge in [0.1, 0.15) is 17.0 Å². The van der Waals surface area contributed by atoms with Crippen LogP contribution in [-0.4, -0.2) is 49.3 Å². The summed E-state index contributed by atoms with van der Waals surface area (Å²) in [6.45, 7) is 4.69. The molecule has 0 bridgehead atoms. The predicted molar refractivity (Wildman–Crippen MR) is 128 cm³/mol. The Morgan fingerprint density at radius 2 is 2.06 bits per heavy atom. The molecule has 0 aliphatic carbocycles. The first kappa shape index (κ1) is 23.2. The Balaban J connectivity index is 1.36. The third kappa shape index (κ3) is 4.71. The Hall–Kier alpha value is -3.51. The maximum absolute atomic E-state index is 13.4. The Kier molecular flexibility index (Phi) is 6.39. The number of carbonyl (C=O) groups excluding carboxylic acids is 1. The highest BCUT2D eigenvalue weighted by molar-refractivity contribution is 7.99. The number of benzene rings is 1. The summed E-state index contributed by atoms with van der Waals surface area (Å²) in [4.78, 5) is 25.1. The van der Waals surface area contributed by atoms with Gasteiger partial charge in [-0.2, -0.15) is 5.10 Å². The number of fused-ring (bicyclic) bond motifs is 1. The van der Waals surface area contributed by atoms with E-state index in [2.05, 4.69) is 25.7 Å². The first-order chi connectivity index (χ1) is 16.9. The van der Waals surface area contributed by atoms with Gasteiger partial charge < -0.3 is 9.15 Å². The van der Waals surface area contributed by atoms with Crippen LogP contribution in [0.1, 0.15) is 24.3 Å². The van der Waals surface area contributed by atoms with Crippen molar-refractivity contribution in [1.82, 2.24) is 25.0 Å². The minimum absolute atomic E-state index is 0.0102. The third-order valence-electron chi connectivity index (χ3n) is 5.81. The molecule has 0 saturated carbocycles. The van der Waals surface area contributed by atoms with Gasteiger partial charge in [-0.05, 0) is 51.0 Å².